The van der Waals surface area contributed by atoms with Crippen molar-refractivity contribution in [1.29, 1.82) is 5.26 Å². The fourth-order valence-electron chi connectivity index (χ4n) is 5.17. The Morgan fingerprint density at radius 1 is 1.07 bits per heavy atom. The quantitative estimate of drug-likeness (QED) is 0.353. The molecule has 2 aliphatic rings. The van der Waals surface area contributed by atoms with Crippen LogP contribution >= 0.6 is 0 Å². The molecule has 2 atom stereocenters. The van der Waals surface area contributed by atoms with Crippen molar-refractivity contribution < 1.29 is 23.1 Å². The number of aromatic nitrogens is 1. The minimum atomic E-state index is -1.05. The molecule has 0 spiro atoms. The van der Waals surface area contributed by atoms with E-state index in [4.69, 9.17) is 13.9 Å². The summed E-state index contributed by atoms with van der Waals surface area (Å²) >= 11 is 0. The molecule has 9 heteroatoms. The summed E-state index contributed by atoms with van der Waals surface area (Å²) in [5.74, 6) is 0.852. The van der Waals surface area contributed by atoms with Crippen LogP contribution in [0.15, 0.2) is 65.2 Å². The van der Waals surface area contributed by atoms with Crippen molar-refractivity contribution in [3.8, 4) is 34.3 Å². The molecule has 4 aromatic rings. The first-order chi connectivity index (χ1) is 19.6. The van der Waals surface area contributed by atoms with Gasteiger partial charge in [0.1, 0.15) is 35.4 Å². The van der Waals surface area contributed by atoms with E-state index in [0.29, 0.717) is 66.5 Å². The number of benzene rings is 2. The van der Waals surface area contributed by atoms with Gasteiger partial charge in [0.25, 0.3) is 5.91 Å². The van der Waals surface area contributed by atoms with Gasteiger partial charge in [-0.05, 0) is 48.9 Å². The van der Waals surface area contributed by atoms with Crippen LogP contribution < -0.4 is 15.4 Å². The third-order valence-electron chi connectivity index (χ3n) is 7.43. The first kappa shape index (κ1) is 26.0. The summed E-state index contributed by atoms with van der Waals surface area (Å²) in [5.41, 5.74) is 4.58. The molecule has 2 aromatic heterocycles. The number of carbonyl (C=O) groups is 1. The van der Waals surface area contributed by atoms with Gasteiger partial charge in [-0.2, -0.15) is 5.26 Å². The van der Waals surface area contributed by atoms with Gasteiger partial charge in [0, 0.05) is 48.3 Å². The number of carbonyl (C=O) groups excluding carboxylic acids is 1. The number of nitriles is 1. The van der Waals surface area contributed by atoms with Crippen molar-refractivity contribution in [3.05, 3.63) is 71.9 Å². The van der Waals surface area contributed by atoms with Crippen molar-refractivity contribution in [1.82, 2.24) is 15.6 Å². The number of furan rings is 1. The monoisotopic (exact) mass is 540 g/mol. The lowest BCUT2D eigenvalue weighted by molar-refractivity contribution is 0.0254. The van der Waals surface area contributed by atoms with E-state index in [0.717, 1.165) is 29.5 Å². The number of pyridine rings is 1. The van der Waals surface area contributed by atoms with Crippen LogP contribution in [0, 0.1) is 11.3 Å². The molecule has 2 aliphatic heterocycles. The molecule has 2 N–H and O–H groups in total. The lowest BCUT2D eigenvalue weighted by Gasteiger charge is -2.27. The lowest BCUT2D eigenvalue weighted by atomic mass is 10.0. The molecular weight excluding hydrogens is 511 g/mol. The average Bonchev–Trinajstić information content (AvgIpc) is 3.44. The van der Waals surface area contributed by atoms with Crippen LogP contribution in [0.4, 0.5) is 4.39 Å². The summed E-state index contributed by atoms with van der Waals surface area (Å²) < 4.78 is 31.9. The number of alkyl halides is 1. The van der Waals surface area contributed by atoms with E-state index in [-0.39, 0.29) is 12.0 Å². The zero-order chi connectivity index (χ0) is 27.5. The van der Waals surface area contributed by atoms with Gasteiger partial charge in [-0.3, -0.25) is 9.78 Å². The highest BCUT2D eigenvalue weighted by Gasteiger charge is 2.26. The van der Waals surface area contributed by atoms with Gasteiger partial charge in [-0.25, -0.2) is 4.39 Å². The molecule has 6 rings (SSSR count). The van der Waals surface area contributed by atoms with E-state index in [1.54, 1.807) is 30.5 Å². The highest BCUT2D eigenvalue weighted by atomic mass is 19.1. The second-order valence-electron chi connectivity index (χ2n) is 10.1. The van der Waals surface area contributed by atoms with Crippen molar-refractivity contribution in [2.24, 2.45) is 0 Å². The molecule has 204 valence electrons. The number of ether oxygens (including phenoxy) is 2. The Hall–Kier alpha value is -4.26. The Kier molecular flexibility index (Phi) is 7.45. The zero-order valence-electron chi connectivity index (χ0n) is 21.9. The fourth-order valence-corrected chi connectivity index (χ4v) is 5.17. The van der Waals surface area contributed by atoms with Gasteiger partial charge >= 0.3 is 0 Å². The van der Waals surface area contributed by atoms with E-state index >= 15 is 0 Å². The average molecular weight is 541 g/mol. The highest BCUT2D eigenvalue weighted by Crippen LogP contribution is 2.35. The smallest absolute Gasteiger partial charge is 0.251 e. The summed E-state index contributed by atoms with van der Waals surface area (Å²) in [4.78, 5) is 17.1. The Labute approximate surface area is 231 Å². The Morgan fingerprint density at radius 2 is 1.88 bits per heavy atom. The number of fused-ring (bicyclic) bond motifs is 1. The number of nitrogens with one attached hydrogen (secondary N) is 2. The van der Waals surface area contributed by atoms with Crippen molar-refractivity contribution in [2.45, 2.75) is 37.6 Å². The van der Waals surface area contributed by atoms with E-state index in [2.05, 4.69) is 21.7 Å². The maximum absolute atomic E-state index is 14.1. The number of rotatable bonds is 6. The SMILES string of the molecule is N#Cc1cc(-c2ccnc3cc(-c4ccc(C(=O)N[C@H]5CNCC[C@H]5F)cc4)oc23)ccc1OC1CCOCC1. The lowest BCUT2D eigenvalue weighted by Crippen LogP contribution is -2.52. The van der Waals surface area contributed by atoms with Gasteiger partial charge in [-0.1, -0.05) is 18.2 Å². The summed E-state index contributed by atoms with van der Waals surface area (Å²) in [6.07, 6.45) is 2.68. The fraction of sp³-hybridized carbons (Fsp3) is 0.323. The van der Waals surface area contributed by atoms with Crippen LogP contribution in [-0.2, 0) is 4.74 Å². The van der Waals surface area contributed by atoms with Gasteiger partial charge in [-0.15, -0.1) is 0 Å². The predicted molar refractivity (Wildman–Crippen MR) is 148 cm³/mol. The van der Waals surface area contributed by atoms with Gasteiger partial charge in [0.05, 0.1) is 24.8 Å². The standard InChI is InChI=1S/C31H29FN4O4/c32-25-8-11-34-18-27(25)36-31(37)20-3-1-19(2-4-20)29-16-26-30(40-29)24(7-12-35-26)21-5-6-28(22(15-21)17-33)39-23-9-13-38-14-10-23/h1-7,12,15-16,23,25,27,34H,8-11,13-14,18H2,(H,36,37)/t25-,27+/m1/s1. The maximum Gasteiger partial charge on any atom is 0.251 e. The van der Waals surface area contributed by atoms with E-state index in [9.17, 15) is 14.4 Å². The van der Waals surface area contributed by atoms with Gasteiger partial charge in [0.15, 0.2) is 5.58 Å². The van der Waals surface area contributed by atoms with E-state index in [1.165, 1.54) is 0 Å². The van der Waals surface area contributed by atoms with E-state index < -0.39 is 12.2 Å². The largest absolute Gasteiger partial charge is 0.489 e. The molecule has 2 saturated heterocycles. The Balaban J connectivity index is 1.23. The summed E-state index contributed by atoms with van der Waals surface area (Å²) in [7, 11) is 0. The minimum absolute atomic E-state index is 0.0364. The number of piperidine rings is 1. The molecule has 2 aromatic carbocycles. The van der Waals surface area contributed by atoms with Crippen molar-refractivity contribution >= 4 is 17.0 Å². The Bertz CT molecular complexity index is 1560. The number of hydrogen-bond donors (Lipinski definition) is 2. The molecule has 1 amide bonds. The Morgan fingerprint density at radius 3 is 2.65 bits per heavy atom. The van der Waals surface area contributed by atoms with Crippen LogP contribution in [0.25, 0.3) is 33.6 Å². The van der Waals surface area contributed by atoms with E-state index in [1.807, 2.05) is 30.3 Å². The van der Waals surface area contributed by atoms with Crippen LogP contribution in [0.5, 0.6) is 5.75 Å². The number of hydrogen-bond acceptors (Lipinski definition) is 7. The molecule has 0 radical (unpaired) electrons. The molecule has 8 nitrogen and oxygen atoms in total. The third kappa shape index (κ3) is 5.41. The van der Waals surface area contributed by atoms with Gasteiger partial charge in [0.2, 0.25) is 0 Å². The zero-order valence-corrected chi connectivity index (χ0v) is 21.9. The normalized spacial score (nSPS) is 19.7. The number of amides is 1. The van der Waals surface area contributed by atoms with Crippen LogP contribution in [0.1, 0.15) is 35.2 Å². The van der Waals surface area contributed by atoms with Crippen molar-refractivity contribution in [3.63, 3.8) is 0 Å². The molecule has 0 saturated carbocycles. The maximum atomic E-state index is 14.1. The van der Waals surface area contributed by atoms with Crippen LogP contribution in [-0.4, -0.2) is 55.5 Å². The molecule has 4 heterocycles. The predicted octanol–water partition coefficient (Wildman–Crippen LogP) is 5.02. The highest BCUT2D eigenvalue weighted by molar-refractivity contribution is 5.95. The first-order valence-corrected chi connectivity index (χ1v) is 13.5. The summed E-state index contributed by atoms with van der Waals surface area (Å²) in [6.45, 7) is 2.36. The molecular formula is C31H29FN4O4. The topological polar surface area (TPSA) is 109 Å². The molecule has 2 fully saturated rings. The summed E-state index contributed by atoms with van der Waals surface area (Å²) in [5, 5.41) is 15.7. The first-order valence-electron chi connectivity index (χ1n) is 13.5. The van der Waals surface area contributed by atoms with Gasteiger partial charge < -0.3 is 24.5 Å². The second-order valence-corrected chi connectivity index (χ2v) is 10.1. The molecule has 40 heavy (non-hydrogen) atoms. The number of halogens is 1. The second kappa shape index (κ2) is 11.5. The molecule has 0 unspecified atom stereocenters. The van der Waals surface area contributed by atoms with Crippen molar-refractivity contribution in [2.75, 3.05) is 26.3 Å². The number of nitrogens with zero attached hydrogens (tertiary/aromatic N) is 2. The minimum Gasteiger partial charge on any atom is -0.489 e. The molecule has 0 bridgehead atoms. The summed E-state index contributed by atoms with van der Waals surface area (Å²) in [6, 6.07) is 18.0. The van der Waals surface area contributed by atoms with Crippen LogP contribution in [0.2, 0.25) is 0 Å². The third-order valence-corrected chi connectivity index (χ3v) is 7.43. The van der Waals surface area contributed by atoms with Crippen LogP contribution in [0.3, 0.4) is 0 Å². The molecule has 0 aliphatic carbocycles.